The van der Waals surface area contributed by atoms with Crippen molar-refractivity contribution in [2.45, 2.75) is 0 Å². The first kappa shape index (κ1) is 13.4. The summed E-state index contributed by atoms with van der Waals surface area (Å²) in [7, 11) is 0. The molecule has 0 fully saturated rings. The van der Waals surface area contributed by atoms with Gasteiger partial charge in [0.1, 0.15) is 5.75 Å². The molecule has 1 amide bonds. The van der Waals surface area contributed by atoms with Crippen molar-refractivity contribution in [1.29, 1.82) is 0 Å². The molecule has 1 aliphatic rings. The molecule has 102 valence electrons. The molecular weight excluding hydrogens is 394 g/mol. The van der Waals surface area contributed by atoms with Crippen molar-refractivity contribution in [3.05, 3.63) is 44.7 Å². The van der Waals surface area contributed by atoms with Crippen molar-refractivity contribution < 1.29 is 18.7 Å². The number of furan rings is 1. The van der Waals surface area contributed by atoms with Gasteiger partial charge in [0.25, 0.3) is 5.91 Å². The summed E-state index contributed by atoms with van der Waals surface area (Å²) in [6.07, 6.45) is 1.43. The molecule has 5 nitrogen and oxygen atoms in total. The number of hydrogen-bond acceptors (Lipinski definition) is 4. The quantitative estimate of drug-likeness (QED) is 0.784. The van der Waals surface area contributed by atoms with Crippen molar-refractivity contribution >= 4 is 49.2 Å². The Kier molecular flexibility index (Phi) is 3.39. The summed E-state index contributed by atoms with van der Waals surface area (Å²) in [5.74, 6) is 0.0395. The number of ether oxygens (including phenoxy) is 1. The highest BCUT2D eigenvalue weighted by Crippen LogP contribution is 2.35. The summed E-state index contributed by atoms with van der Waals surface area (Å²) >= 11 is 6.51. The SMILES string of the molecule is O=C1COc2cc(C(=O)c3ccoc3Br)c(Br)cc2N1. The maximum absolute atomic E-state index is 12.4. The molecule has 0 saturated heterocycles. The minimum absolute atomic E-state index is 0.0579. The van der Waals surface area contributed by atoms with Gasteiger partial charge < -0.3 is 14.5 Å². The van der Waals surface area contributed by atoms with Crippen LogP contribution in [0.4, 0.5) is 5.69 Å². The van der Waals surface area contributed by atoms with Crippen molar-refractivity contribution in [1.82, 2.24) is 0 Å². The van der Waals surface area contributed by atoms with Gasteiger partial charge in [-0.2, -0.15) is 0 Å². The van der Waals surface area contributed by atoms with Crippen LogP contribution in [0.15, 0.2) is 38.0 Å². The molecule has 0 unspecified atom stereocenters. The molecule has 3 rings (SSSR count). The van der Waals surface area contributed by atoms with E-state index in [1.54, 1.807) is 18.2 Å². The van der Waals surface area contributed by atoms with Crippen molar-refractivity contribution in [3.63, 3.8) is 0 Å². The number of carbonyl (C=O) groups is 2. The predicted octanol–water partition coefficient (Wildman–Crippen LogP) is 3.37. The van der Waals surface area contributed by atoms with E-state index >= 15 is 0 Å². The Hall–Kier alpha value is -1.60. The van der Waals surface area contributed by atoms with Crippen LogP contribution in [-0.4, -0.2) is 18.3 Å². The fourth-order valence-corrected chi connectivity index (χ4v) is 2.82. The standard InChI is InChI=1S/C13H7Br2NO4/c14-8-4-9-10(20-5-11(17)16-9)3-7(8)12(18)6-1-2-19-13(6)15/h1-4H,5H2,(H,16,17). The maximum atomic E-state index is 12.4. The largest absolute Gasteiger partial charge is 0.482 e. The number of rotatable bonds is 2. The summed E-state index contributed by atoms with van der Waals surface area (Å²) in [5.41, 5.74) is 1.39. The Labute approximate surface area is 130 Å². The van der Waals surface area contributed by atoms with E-state index in [2.05, 4.69) is 37.2 Å². The van der Waals surface area contributed by atoms with Gasteiger partial charge in [-0.1, -0.05) is 0 Å². The molecule has 1 aromatic carbocycles. The topological polar surface area (TPSA) is 68.5 Å². The number of amides is 1. The fraction of sp³-hybridized carbons (Fsp3) is 0.0769. The van der Waals surface area contributed by atoms with E-state index in [9.17, 15) is 9.59 Å². The van der Waals surface area contributed by atoms with Gasteiger partial charge in [-0.25, -0.2) is 0 Å². The molecule has 0 radical (unpaired) electrons. The first-order valence-electron chi connectivity index (χ1n) is 5.60. The lowest BCUT2D eigenvalue weighted by atomic mass is 10.0. The van der Waals surface area contributed by atoms with Gasteiger partial charge >= 0.3 is 0 Å². The minimum atomic E-state index is -0.221. The van der Waals surface area contributed by atoms with E-state index in [0.29, 0.717) is 31.7 Å². The number of benzene rings is 1. The molecule has 1 aromatic heterocycles. The zero-order valence-electron chi connectivity index (χ0n) is 9.91. The van der Waals surface area contributed by atoms with Crippen LogP contribution < -0.4 is 10.1 Å². The van der Waals surface area contributed by atoms with Crippen LogP contribution in [0.25, 0.3) is 0 Å². The molecule has 0 atom stereocenters. The van der Waals surface area contributed by atoms with E-state index in [0.717, 1.165) is 0 Å². The van der Waals surface area contributed by atoms with Crippen LogP contribution in [-0.2, 0) is 4.79 Å². The summed E-state index contributed by atoms with van der Waals surface area (Å²) in [6.45, 7) is -0.0579. The van der Waals surface area contributed by atoms with E-state index < -0.39 is 0 Å². The summed E-state index contributed by atoms with van der Waals surface area (Å²) in [6, 6.07) is 4.83. The fourth-order valence-electron chi connectivity index (χ4n) is 1.87. The second-order valence-electron chi connectivity index (χ2n) is 4.10. The Morgan fingerprint density at radius 2 is 2.05 bits per heavy atom. The second-order valence-corrected chi connectivity index (χ2v) is 5.68. The van der Waals surface area contributed by atoms with E-state index in [1.807, 2.05) is 0 Å². The number of halogens is 2. The minimum Gasteiger partial charge on any atom is -0.482 e. The predicted molar refractivity (Wildman–Crippen MR) is 78.1 cm³/mol. The Morgan fingerprint density at radius 1 is 1.25 bits per heavy atom. The average molecular weight is 401 g/mol. The van der Waals surface area contributed by atoms with Gasteiger partial charge in [-0.05, 0) is 50.1 Å². The Bertz CT molecular complexity index is 723. The van der Waals surface area contributed by atoms with Gasteiger partial charge in [-0.3, -0.25) is 9.59 Å². The summed E-state index contributed by atoms with van der Waals surface area (Å²) in [4.78, 5) is 23.7. The van der Waals surface area contributed by atoms with Crippen LogP contribution in [0.2, 0.25) is 0 Å². The third-order valence-corrected chi connectivity index (χ3v) is 4.08. The third kappa shape index (κ3) is 2.27. The van der Waals surface area contributed by atoms with Gasteiger partial charge in [-0.15, -0.1) is 0 Å². The normalized spacial score (nSPS) is 13.4. The average Bonchev–Trinajstić information content (AvgIpc) is 2.83. The zero-order chi connectivity index (χ0) is 14.3. The number of carbonyl (C=O) groups excluding carboxylic acids is 2. The lowest BCUT2D eigenvalue weighted by Gasteiger charge is -2.19. The number of nitrogens with one attached hydrogen (secondary N) is 1. The molecule has 1 N–H and O–H groups in total. The van der Waals surface area contributed by atoms with Crippen molar-refractivity contribution in [2.24, 2.45) is 0 Å². The lowest BCUT2D eigenvalue weighted by Crippen LogP contribution is -2.25. The summed E-state index contributed by atoms with van der Waals surface area (Å²) in [5, 5.41) is 2.68. The van der Waals surface area contributed by atoms with Crippen LogP contribution in [0.1, 0.15) is 15.9 Å². The van der Waals surface area contributed by atoms with E-state index in [1.165, 1.54) is 6.26 Å². The number of anilines is 1. The smallest absolute Gasteiger partial charge is 0.262 e. The van der Waals surface area contributed by atoms with Crippen molar-refractivity contribution in [2.75, 3.05) is 11.9 Å². The van der Waals surface area contributed by atoms with Gasteiger partial charge in [0.15, 0.2) is 17.1 Å². The molecule has 0 saturated carbocycles. The first-order valence-corrected chi connectivity index (χ1v) is 7.19. The zero-order valence-corrected chi connectivity index (χ0v) is 13.1. The van der Waals surface area contributed by atoms with Crippen LogP contribution in [0.3, 0.4) is 0 Å². The lowest BCUT2D eigenvalue weighted by molar-refractivity contribution is -0.118. The van der Waals surface area contributed by atoms with Crippen LogP contribution in [0.5, 0.6) is 5.75 Å². The Morgan fingerprint density at radius 3 is 2.75 bits per heavy atom. The molecular formula is C13H7Br2NO4. The van der Waals surface area contributed by atoms with Gasteiger partial charge in [0.05, 0.1) is 17.5 Å². The molecule has 0 spiro atoms. The Balaban J connectivity index is 2.05. The van der Waals surface area contributed by atoms with Crippen LogP contribution >= 0.6 is 31.9 Å². The second kappa shape index (κ2) is 5.06. The highest BCUT2D eigenvalue weighted by molar-refractivity contribution is 9.10. The van der Waals surface area contributed by atoms with Crippen LogP contribution in [0, 0.1) is 0 Å². The highest BCUT2D eigenvalue weighted by Gasteiger charge is 2.23. The number of fused-ring (bicyclic) bond motifs is 1. The van der Waals surface area contributed by atoms with Gasteiger partial charge in [0, 0.05) is 10.0 Å². The van der Waals surface area contributed by atoms with E-state index in [4.69, 9.17) is 9.15 Å². The summed E-state index contributed by atoms with van der Waals surface area (Å²) < 4.78 is 11.3. The monoisotopic (exact) mass is 399 g/mol. The van der Waals surface area contributed by atoms with Gasteiger partial charge in [0.2, 0.25) is 0 Å². The highest BCUT2D eigenvalue weighted by atomic mass is 79.9. The molecule has 7 heteroatoms. The number of ketones is 1. The number of hydrogen-bond donors (Lipinski definition) is 1. The van der Waals surface area contributed by atoms with Crippen molar-refractivity contribution in [3.8, 4) is 5.75 Å². The third-order valence-electron chi connectivity index (χ3n) is 2.81. The first-order chi connectivity index (χ1) is 9.56. The maximum Gasteiger partial charge on any atom is 0.262 e. The molecule has 1 aliphatic heterocycles. The molecule has 2 aromatic rings. The van der Waals surface area contributed by atoms with E-state index in [-0.39, 0.29) is 18.3 Å². The molecule has 20 heavy (non-hydrogen) atoms. The molecule has 0 aliphatic carbocycles. The molecule has 0 bridgehead atoms. The molecule has 2 heterocycles.